The van der Waals surface area contributed by atoms with Crippen molar-refractivity contribution in [1.82, 2.24) is 19.6 Å². The Bertz CT molecular complexity index is 1320. The molecule has 1 saturated heterocycles. The Balaban J connectivity index is 1.49. The Hall–Kier alpha value is -2.59. The van der Waals surface area contributed by atoms with Gasteiger partial charge in [-0.25, -0.2) is 22.8 Å². The number of halogens is 2. The molecule has 0 radical (unpaired) electrons. The van der Waals surface area contributed by atoms with Gasteiger partial charge in [-0.2, -0.15) is 4.31 Å². The Morgan fingerprint density at radius 3 is 2.64 bits per heavy atom. The Morgan fingerprint density at radius 2 is 1.92 bits per heavy atom. The molecular formula is C26H30ClFN4O3S. The molecule has 36 heavy (non-hydrogen) atoms. The number of phenols is 1. The van der Waals surface area contributed by atoms with Crippen molar-refractivity contribution < 1.29 is 17.9 Å². The second-order valence-electron chi connectivity index (χ2n) is 9.11. The average Bonchev–Trinajstić information content (AvgIpc) is 2.86. The van der Waals surface area contributed by atoms with Gasteiger partial charge in [-0.3, -0.25) is 0 Å². The number of aryl methyl sites for hydroxylation is 2. The molecule has 0 bridgehead atoms. The van der Waals surface area contributed by atoms with Gasteiger partial charge in [-0.15, -0.1) is 0 Å². The Labute approximate surface area is 216 Å². The van der Waals surface area contributed by atoms with Crippen LogP contribution in [0, 0.1) is 5.82 Å². The zero-order valence-electron chi connectivity index (χ0n) is 20.1. The van der Waals surface area contributed by atoms with Crippen LogP contribution in [0.3, 0.4) is 0 Å². The number of nitrogens with one attached hydrogen (secondary N) is 1. The summed E-state index contributed by atoms with van der Waals surface area (Å²) < 4.78 is 41.3. The second kappa shape index (κ2) is 11.6. The van der Waals surface area contributed by atoms with Crippen LogP contribution in [0.15, 0.2) is 48.7 Å². The fourth-order valence-corrected chi connectivity index (χ4v) is 5.83. The molecule has 2 aromatic carbocycles. The maximum atomic E-state index is 14.7. The fraction of sp³-hybridized carbons (Fsp3) is 0.385. The van der Waals surface area contributed by atoms with E-state index < -0.39 is 15.8 Å². The van der Waals surface area contributed by atoms with Crippen LogP contribution in [0.1, 0.15) is 36.2 Å². The third kappa shape index (κ3) is 6.79. The van der Waals surface area contributed by atoms with Crippen LogP contribution in [-0.4, -0.2) is 53.2 Å². The molecule has 0 aliphatic carbocycles. The minimum absolute atomic E-state index is 0.0459. The summed E-state index contributed by atoms with van der Waals surface area (Å²) in [5.74, 6) is 0.0400. The molecule has 2 N–H and O–H groups in total. The van der Waals surface area contributed by atoms with Crippen molar-refractivity contribution in [2.45, 2.75) is 44.7 Å². The molecule has 0 unspecified atom stereocenters. The van der Waals surface area contributed by atoms with Crippen molar-refractivity contribution >= 4 is 21.6 Å². The lowest BCUT2D eigenvalue weighted by Crippen LogP contribution is -2.45. The van der Waals surface area contributed by atoms with Gasteiger partial charge in [-0.05, 0) is 68.1 Å². The van der Waals surface area contributed by atoms with Gasteiger partial charge in [0.1, 0.15) is 17.3 Å². The highest BCUT2D eigenvalue weighted by Gasteiger charge is 2.28. The minimum atomic E-state index is -3.41. The van der Waals surface area contributed by atoms with Crippen molar-refractivity contribution in [3.63, 3.8) is 0 Å². The fourth-order valence-electron chi connectivity index (χ4n) is 4.49. The maximum Gasteiger partial charge on any atom is 0.211 e. The maximum absolute atomic E-state index is 14.7. The van der Waals surface area contributed by atoms with Gasteiger partial charge in [0.05, 0.1) is 17.5 Å². The quantitative estimate of drug-likeness (QED) is 0.426. The lowest BCUT2D eigenvalue weighted by molar-refractivity contribution is 0.258. The predicted octanol–water partition coefficient (Wildman–Crippen LogP) is 4.33. The highest BCUT2D eigenvalue weighted by Crippen LogP contribution is 2.26. The van der Waals surface area contributed by atoms with Crippen LogP contribution in [0.2, 0.25) is 5.02 Å². The molecule has 1 aliphatic heterocycles. The summed E-state index contributed by atoms with van der Waals surface area (Å²) in [6.07, 6.45) is 5.92. The van der Waals surface area contributed by atoms with Crippen LogP contribution in [0.5, 0.6) is 5.75 Å². The number of aromatic nitrogens is 2. The van der Waals surface area contributed by atoms with Crippen LogP contribution >= 0.6 is 11.6 Å². The van der Waals surface area contributed by atoms with Gasteiger partial charge in [0.25, 0.3) is 0 Å². The first-order valence-corrected chi connectivity index (χ1v) is 14.2. The molecule has 7 nitrogen and oxygen atoms in total. The van der Waals surface area contributed by atoms with Gasteiger partial charge in [-0.1, -0.05) is 35.9 Å². The normalized spacial score (nSPS) is 14.9. The molecule has 2 heterocycles. The number of phenolic OH excluding ortho intramolecular Hbond substituents is 1. The van der Waals surface area contributed by atoms with Gasteiger partial charge < -0.3 is 10.4 Å². The molecule has 0 saturated carbocycles. The van der Waals surface area contributed by atoms with E-state index in [1.54, 1.807) is 34.6 Å². The molecule has 3 aromatic rings. The zero-order chi connectivity index (χ0) is 25.7. The van der Waals surface area contributed by atoms with Gasteiger partial charge in [0.2, 0.25) is 10.0 Å². The van der Waals surface area contributed by atoms with E-state index in [0.717, 1.165) is 43.5 Å². The highest BCUT2D eigenvalue weighted by molar-refractivity contribution is 7.88. The first-order valence-electron chi connectivity index (χ1n) is 12.0. The number of sulfonamides is 1. The van der Waals surface area contributed by atoms with Gasteiger partial charge >= 0.3 is 0 Å². The van der Waals surface area contributed by atoms with E-state index in [1.807, 2.05) is 12.1 Å². The van der Waals surface area contributed by atoms with Crippen LogP contribution in [0.25, 0.3) is 11.3 Å². The summed E-state index contributed by atoms with van der Waals surface area (Å²) in [7, 11) is -3.41. The molecule has 192 valence electrons. The zero-order valence-corrected chi connectivity index (χ0v) is 21.7. The summed E-state index contributed by atoms with van der Waals surface area (Å²) in [5.41, 5.74) is 2.54. The molecule has 4 rings (SSSR count). The average molecular weight is 533 g/mol. The van der Waals surface area contributed by atoms with E-state index >= 15 is 0 Å². The summed E-state index contributed by atoms with van der Waals surface area (Å²) in [6, 6.07) is 12.3. The van der Waals surface area contributed by atoms with Crippen LogP contribution in [0.4, 0.5) is 4.39 Å². The number of benzene rings is 2. The Kier molecular flexibility index (Phi) is 8.56. The number of hydrogen-bond donors (Lipinski definition) is 2. The first-order chi connectivity index (χ1) is 17.2. The lowest BCUT2D eigenvalue weighted by atomic mass is 10.0. The van der Waals surface area contributed by atoms with E-state index in [0.29, 0.717) is 29.3 Å². The minimum Gasteiger partial charge on any atom is -0.506 e. The molecule has 0 spiro atoms. The third-order valence-corrected chi connectivity index (χ3v) is 7.93. The van der Waals surface area contributed by atoms with Crippen molar-refractivity contribution in [3.8, 4) is 17.0 Å². The summed E-state index contributed by atoms with van der Waals surface area (Å²) in [5, 5.41) is 13.1. The third-order valence-electron chi connectivity index (χ3n) is 6.35. The van der Waals surface area contributed by atoms with Crippen molar-refractivity contribution in [1.29, 1.82) is 0 Å². The smallest absolute Gasteiger partial charge is 0.211 e. The van der Waals surface area contributed by atoms with E-state index in [-0.39, 0.29) is 24.0 Å². The molecule has 1 fully saturated rings. The largest absolute Gasteiger partial charge is 0.506 e. The monoisotopic (exact) mass is 532 g/mol. The molecule has 1 aliphatic rings. The summed E-state index contributed by atoms with van der Waals surface area (Å²) >= 11 is 5.97. The van der Waals surface area contributed by atoms with Gasteiger partial charge in [0, 0.05) is 24.6 Å². The summed E-state index contributed by atoms with van der Waals surface area (Å²) in [4.78, 5) is 8.62. The predicted molar refractivity (Wildman–Crippen MR) is 139 cm³/mol. The highest BCUT2D eigenvalue weighted by atomic mass is 35.5. The standard InChI is InChI=1S/C26H30ClFN4O3S/c1-36(34,35)32(21-10-12-29-13-11-21)17-19-5-2-6-20(14-19)26-23(28)16-30-25(31-26)7-3-4-18-8-9-24(33)22(27)15-18/h2,5-6,8-9,14-16,21,29,33H,3-4,7,10-13,17H2,1H3. The Morgan fingerprint density at radius 1 is 1.14 bits per heavy atom. The molecule has 1 aromatic heterocycles. The van der Waals surface area contributed by atoms with Gasteiger partial charge in [0.15, 0.2) is 5.82 Å². The SMILES string of the molecule is CS(=O)(=O)N(Cc1cccc(-c2nc(CCCc3ccc(O)c(Cl)c3)ncc2F)c1)C1CCNCC1. The van der Waals surface area contributed by atoms with E-state index in [1.165, 1.54) is 12.5 Å². The van der Waals surface area contributed by atoms with Crippen LogP contribution in [-0.2, 0) is 29.4 Å². The number of nitrogens with zero attached hydrogens (tertiary/aromatic N) is 3. The number of aromatic hydroxyl groups is 1. The number of hydrogen-bond acceptors (Lipinski definition) is 6. The summed E-state index contributed by atoms with van der Waals surface area (Å²) in [6.45, 7) is 1.79. The molecule has 0 atom stereocenters. The van der Waals surface area contributed by atoms with Crippen molar-refractivity contribution in [2.24, 2.45) is 0 Å². The second-order valence-corrected chi connectivity index (χ2v) is 11.5. The molecular weight excluding hydrogens is 503 g/mol. The topological polar surface area (TPSA) is 95.4 Å². The van der Waals surface area contributed by atoms with Crippen molar-refractivity contribution in [2.75, 3.05) is 19.3 Å². The molecule has 0 amide bonds. The number of piperidine rings is 1. The van der Waals surface area contributed by atoms with E-state index in [4.69, 9.17) is 11.6 Å². The van der Waals surface area contributed by atoms with E-state index in [2.05, 4.69) is 15.3 Å². The molecule has 10 heteroatoms. The first kappa shape index (κ1) is 26.5. The van der Waals surface area contributed by atoms with Crippen molar-refractivity contribution in [3.05, 3.63) is 76.5 Å². The van der Waals surface area contributed by atoms with Crippen LogP contribution < -0.4 is 5.32 Å². The van der Waals surface area contributed by atoms with E-state index in [9.17, 15) is 17.9 Å². The lowest BCUT2D eigenvalue weighted by Gasteiger charge is -2.32. The number of rotatable bonds is 9.